The highest BCUT2D eigenvalue weighted by Gasteiger charge is 2.15. The van der Waals surface area contributed by atoms with Crippen molar-refractivity contribution in [2.75, 3.05) is 11.9 Å². The number of ether oxygens (including phenoxy) is 1. The molecule has 2 amide bonds. The maximum absolute atomic E-state index is 12.6. The fraction of sp³-hybridized carbons (Fsp3) is 0.286. The zero-order valence-corrected chi connectivity index (χ0v) is 16.7. The van der Waals surface area contributed by atoms with Crippen molar-refractivity contribution in [3.8, 4) is 5.75 Å². The molecule has 0 fully saturated rings. The summed E-state index contributed by atoms with van der Waals surface area (Å²) in [6.45, 7) is 2.71. The van der Waals surface area contributed by atoms with Gasteiger partial charge in [-0.1, -0.05) is 50.5 Å². The Hall–Kier alpha value is -2.93. The predicted octanol–water partition coefficient (Wildman–Crippen LogP) is 3.87. The SMILES string of the molecule is CCCCCCOc1ccccc1C(=O)NC(=S)Nc1ccccc1C(N)=O. The van der Waals surface area contributed by atoms with Gasteiger partial charge in [-0.2, -0.15) is 0 Å². The summed E-state index contributed by atoms with van der Waals surface area (Å²) in [4.78, 5) is 24.1. The van der Waals surface area contributed by atoms with Crippen LogP contribution in [0, 0.1) is 0 Å². The molecule has 0 aromatic heterocycles. The smallest absolute Gasteiger partial charge is 0.261 e. The molecule has 0 unspecified atom stereocenters. The van der Waals surface area contributed by atoms with Crippen molar-refractivity contribution < 1.29 is 14.3 Å². The summed E-state index contributed by atoms with van der Waals surface area (Å²) >= 11 is 5.20. The molecule has 2 aromatic carbocycles. The van der Waals surface area contributed by atoms with E-state index in [2.05, 4.69) is 17.6 Å². The van der Waals surface area contributed by atoms with Crippen LogP contribution in [0.4, 0.5) is 5.69 Å². The summed E-state index contributed by atoms with van der Waals surface area (Å²) < 4.78 is 5.77. The quantitative estimate of drug-likeness (QED) is 0.440. The van der Waals surface area contributed by atoms with Gasteiger partial charge >= 0.3 is 0 Å². The second-order valence-corrected chi connectivity index (χ2v) is 6.63. The number of hydrogen-bond acceptors (Lipinski definition) is 4. The Morgan fingerprint density at radius 2 is 1.68 bits per heavy atom. The van der Waals surface area contributed by atoms with Gasteiger partial charge in [0.2, 0.25) is 0 Å². The zero-order valence-electron chi connectivity index (χ0n) is 15.9. The summed E-state index contributed by atoms with van der Waals surface area (Å²) in [5.74, 6) is -0.464. The van der Waals surface area contributed by atoms with Gasteiger partial charge in [0, 0.05) is 0 Å². The molecule has 0 saturated carbocycles. The first kappa shape index (κ1) is 21.4. The number of amides is 2. The maximum Gasteiger partial charge on any atom is 0.261 e. The van der Waals surface area contributed by atoms with E-state index >= 15 is 0 Å². The van der Waals surface area contributed by atoms with Gasteiger partial charge in [0.05, 0.1) is 23.4 Å². The first-order chi connectivity index (χ1) is 13.5. The lowest BCUT2D eigenvalue weighted by Gasteiger charge is -2.14. The Labute approximate surface area is 170 Å². The van der Waals surface area contributed by atoms with Crippen molar-refractivity contribution in [1.82, 2.24) is 5.32 Å². The Morgan fingerprint density at radius 1 is 1.00 bits per heavy atom. The van der Waals surface area contributed by atoms with Crippen molar-refractivity contribution in [2.24, 2.45) is 5.73 Å². The molecule has 6 nitrogen and oxygen atoms in total. The largest absolute Gasteiger partial charge is 0.493 e. The standard InChI is InChI=1S/C21H25N3O3S/c1-2-3-4-9-14-27-18-13-8-6-11-16(18)20(26)24-21(28)23-17-12-7-5-10-15(17)19(22)25/h5-8,10-13H,2-4,9,14H2,1H3,(H2,22,25)(H2,23,24,26,28). The summed E-state index contributed by atoms with van der Waals surface area (Å²) in [5.41, 5.74) is 6.47. The highest BCUT2D eigenvalue weighted by atomic mass is 32.1. The average Bonchev–Trinajstić information content (AvgIpc) is 2.68. The molecule has 2 rings (SSSR count). The molecule has 7 heteroatoms. The molecule has 0 aliphatic rings. The number of unbranched alkanes of at least 4 members (excludes halogenated alkanes) is 3. The summed E-state index contributed by atoms with van der Waals surface area (Å²) in [5, 5.41) is 5.51. The van der Waals surface area contributed by atoms with Crippen LogP contribution >= 0.6 is 12.2 Å². The highest BCUT2D eigenvalue weighted by molar-refractivity contribution is 7.80. The van der Waals surface area contributed by atoms with Crippen LogP contribution in [-0.4, -0.2) is 23.5 Å². The predicted molar refractivity (Wildman–Crippen MR) is 115 cm³/mol. The van der Waals surface area contributed by atoms with E-state index in [0.29, 0.717) is 23.6 Å². The van der Waals surface area contributed by atoms with Crippen LogP contribution in [0.3, 0.4) is 0 Å². The third-order valence-corrected chi connectivity index (χ3v) is 4.26. The lowest BCUT2D eigenvalue weighted by molar-refractivity contribution is 0.0971. The molecule has 0 saturated heterocycles. The van der Waals surface area contributed by atoms with E-state index in [0.717, 1.165) is 25.7 Å². The van der Waals surface area contributed by atoms with Gasteiger partial charge in [-0.25, -0.2) is 0 Å². The molecule has 0 atom stereocenters. The third kappa shape index (κ3) is 6.35. The Bertz CT molecular complexity index is 839. The number of anilines is 1. The third-order valence-electron chi connectivity index (χ3n) is 4.05. The number of rotatable bonds is 9. The van der Waals surface area contributed by atoms with Crippen LogP contribution in [0.2, 0.25) is 0 Å². The van der Waals surface area contributed by atoms with Gasteiger partial charge in [0.1, 0.15) is 5.75 Å². The van der Waals surface area contributed by atoms with Gasteiger partial charge in [0.15, 0.2) is 5.11 Å². The second kappa shape index (κ2) is 11.0. The molecule has 0 heterocycles. The van der Waals surface area contributed by atoms with Gasteiger partial charge in [-0.15, -0.1) is 0 Å². The number of hydrogen-bond donors (Lipinski definition) is 3. The minimum atomic E-state index is -0.584. The van der Waals surface area contributed by atoms with Gasteiger partial charge in [-0.05, 0) is 42.9 Å². The van der Waals surface area contributed by atoms with Crippen molar-refractivity contribution in [2.45, 2.75) is 32.6 Å². The number of benzene rings is 2. The van der Waals surface area contributed by atoms with E-state index in [4.69, 9.17) is 22.7 Å². The maximum atomic E-state index is 12.6. The van der Waals surface area contributed by atoms with E-state index in [1.165, 1.54) is 0 Å². The number of nitrogens with two attached hydrogens (primary N) is 1. The minimum Gasteiger partial charge on any atom is -0.493 e. The van der Waals surface area contributed by atoms with E-state index < -0.39 is 11.8 Å². The van der Waals surface area contributed by atoms with Gasteiger partial charge in [0.25, 0.3) is 11.8 Å². The molecule has 0 spiro atoms. The van der Waals surface area contributed by atoms with Crippen molar-refractivity contribution in [3.63, 3.8) is 0 Å². The number of nitrogens with one attached hydrogen (secondary N) is 2. The topological polar surface area (TPSA) is 93.4 Å². The summed E-state index contributed by atoms with van der Waals surface area (Å²) in [7, 11) is 0. The normalized spacial score (nSPS) is 10.2. The fourth-order valence-corrected chi connectivity index (χ4v) is 2.82. The first-order valence-corrected chi connectivity index (χ1v) is 9.66. The van der Waals surface area contributed by atoms with Gasteiger partial charge < -0.3 is 15.8 Å². The first-order valence-electron chi connectivity index (χ1n) is 9.26. The van der Waals surface area contributed by atoms with Crippen LogP contribution in [0.1, 0.15) is 53.3 Å². The Kier molecular flexibility index (Phi) is 8.42. The van der Waals surface area contributed by atoms with Crippen LogP contribution < -0.4 is 21.1 Å². The number of carbonyl (C=O) groups excluding carboxylic acids is 2. The molecule has 2 aromatic rings. The highest BCUT2D eigenvalue weighted by Crippen LogP contribution is 2.19. The molecule has 4 N–H and O–H groups in total. The molecule has 28 heavy (non-hydrogen) atoms. The molecule has 0 aliphatic carbocycles. The zero-order chi connectivity index (χ0) is 20.4. The van der Waals surface area contributed by atoms with E-state index in [9.17, 15) is 9.59 Å². The molecule has 148 valence electrons. The minimum absolute atomic E-state index is 0.0662. The number of carbonyl (C=O) groups is 2. The monoisotopic (exact) mass is 399 g/mol. The van der Waals surface area contributed by atoms with Crippen molar-refractivity contribution in [3.05, 3.63) is 59.7 Å². The van der Waals surface area contributed by atoms with Crippen LogP contribution in [-0.2, 0) is 0 Å². The molecule has 0 aliphatic heterocycles. The van der Waals surface area contributed by atoms with Gasteiger partial charge in [-0.3, -0.25) is 14.9 Å². The average molecular weight is 400 g/mol. The summed E-state index contributed by atoms with van der Waals surface area (Å²) in [6.07, 6.45) is 4.35. The summed E-state index contributed by atoms with van der Waals surface area (Å²) in [6, 6.07) is 13.7. The van der Waals surface area contributed by atoms with E-state index in [-0.39, 0.29) is 10.7 Å². The van der Waals surface area contributed by atoms with Crippen molar-refractivity contribution in [1.29, 1.82) is 0 Å². The number of thiocarbonyl (C=S) groups is 1. The van der Waals surface area contributed by atoms with E-state index in [1.807, 2.05) is 6.07 Å². The number of primary amides is 1. The molecule has 0 radical (unpaired) electrons. The molecular weight excluding hydrogens is 374 g/mol. The van der Waals surface area contributed by atoms with Crippen LogP contribution in [0.5, 0.6) is 5.75 Å². The van der Waals surface area contributed by atoms with Crippen molar-refractivity contribution >= 4 is 34.8 Å². The lowest BCUT2D eigenvalue weighted by Crippen LogP contribution is -2.35. The Morgan fingerprint density at radius 3 is 2.39 bits per heavy atom. The molecule has 0 bridgehead atoms. The fourth-order valence-electron chi connectivity index (χ4n) is 2.62. The lowest BCUT2D eigenvalue weighted by atomic mass is 10.1. The second-order valence-electron chi connectivity index (χ2n) is 6.22. The van der Waals surface area contributed by atoms with E-state index in [1.54, 1.807) is 42.5 Å². The molecular formula is C21H25N3O3S. The van der Waals surface area contributed by atoms with Crippen LogP contribution in [0.15, 0.2) is 48.5 Å². The number of para-hydroxylation sites is 2. The van der Waals surface area contributed by atoms with Crippen LogP contribution in [0.25, 0.3) is 0 Å². The Balaban J connectivity index is 1.99.